The standard InChI is InChI=1S/C21H28BrNO5/c1-12(2)16-7-5-13(3)9-19(16)28-20(24)10-14(4)21(25)15-6-8-17(22)18(11-15)23(26)27/h6,8,11-14,16,19H,5,7,9-10H2,1-4H3/t13-,14?,16+,19-/m1/s1. The van der Waals surface area contributed by atoms with Crippen molar-refractivity contribution in [2.45, 2.75) is 59.5 Å². The van der Waals surface area contributed by atoms with Crippen molar-refractivity contribution in [2.75, 3.05) is 0 Å². The molecule has 0 heterocycles. The average Bonchev–Trinajstić information content (AvgIpc) is 2.60. The molecule has 6 nitrogen and oxygen atoms in total. The first-order chi connectivity index (χ1) is 13.1. The molecule has 1 aromatic rings. The first kappa shape index (κ1) is 22.5. The van der Waals surface area contributed by atoms with Crippen LogP contribution >= 0.6 is 15.9 Å². The number of hydrogen-bond donors (Lipinski definition) is 0. The molecule has 0 radical (unpaired) electrons. The van der Waals surface area contributed by atoms with E-state index in [-0.39, 0.29) is 35.5 Å². The minimum Gasteiger partial charge on any atom is -0.462 e. The molecule has 0 saturated heterocycles. The summed E-state index contributed by atoms with van der Waals surface area (Å²) in [7, 11) is 0. The number of Topliss-reactive ketones (excluding diaryl/α,β-unsaturated/α-hetero) is 1. The second-order valence-electron chi connectivity index (χ2n) is 8.25. The van der Waals surface area contributed by atoms with Crippen molar-refractivity contribution >= 4 is 33.4 Å². The SMILES string of the molecule is CC(CC(=O)O[C@@H]1C[C@H](C)CC[C@H]1C(C)C)C(=O)c1ccc(Br)c([N+](=O)[O-])c1. The molecule has 1 saturated carbocycles. The van der Waals surface area contributed by atoms with Gasteiger partial charge in [0.25, 0.3) is 5.69 Å². The van der Waals surface area contributed by atoms with E-state index in [0.717, 1.165) is 19.3 Å². The van der Waals surface area contributed by atoms with Gasteiger partial charge in [-0.1, -0.05) is 34.1 Å². The van der Waals surface area contributed by atoms with E-state index < -0.39 is 10.8 Å². The van der Waals surface area contributed by atoms with Gasteiger partial charge in [-0.25, -0.2) is 0 Å². The predicted octanol–water partition coefficient (Wildman–Crippen LogP) is 5.57. The zero-order valence-electron chi connectivity index (χ0n) is 16.8. The molecule has 1 fully saturated rings. The fourth-order valence-electron chi connectivity index (χ4n) is 3.90. The number of halogens is 1. The van der Waals surface area contributed by atoms with E-state index in [9.17, 15) is 19.7 Å². The Morgan fingerprint density at radius 3 is 2.57 bits per heavy atom. The molecule has 1 aliphatic carbocycles. The van der Waals surface area contributed by atoms with Crippen LogP contribution in [0.15, 0.2) is 22.7 Å². The number of benzene rings is 1. The number of hydrogen-bond acceptors (Lipinski definition) is 5. The zero-order valence-corrected chi connectivity index (χ0v) is 18.4. The maximum atomic E-state index is 12.6. The summed E-state index contributed by atoms with van der Waals surface area (Å²) < 4.78 is 6.08. The molecule has 1 aliphatic rings. The van der Waals surface area contributed by atoms with E-state index in [1.807, 2.05) is 0 Å². The molecule has 0 aromatic heterocycles. The number of nitro benzene ring substituents is 1. The maximum Gasteiger partial charge on any atom is 0.306 e. The molecule has 0 N–H and O–H groups in total. The van der Waals surface area contributed by atoms with Crippen molar-refractivity contribution in [1.82, 2.24) is 0 Å². The maximum absolute atomic E-state index is 12.6. The minimum absolute atomic E-state index is 0.0294. The van der Waals surface area contributed by atoms with Crippen LogP contribution in [0.5, 0.6) is 0 Å². The van der Waals surface area contributed by atoms with Gasteiger partial charge in [0.05, 0.1) is 15.8 Å². The second-order valence-corrected chi connectivity index (χ2v) is 9.10. The number of rotatable bonds is 7. The number of carbonyl (C=O) groups is 2. The van der Waals surface area contributed by atoms with E-state index >= 15 is 0 Å². The molecule has 0 spiro atoms. The Morgan fingerprint density at radius 1 is 1.29 bits per heavy atom. The van der Waals surface area contributed by atoms with Gasteiger partial charge in [-0.15, -0.1) is 0 Å². The first-order valence-corrected chi connectivity index (χ1v) is 10.6. The van der Waals surface area contributed by atoms with Gasteiger partial charge in [-0.3, -0.25) is 19.7 Å². The summed E-state index contributed by atoms with van der Waals surface area (Å²) in [4.78, 5) is 35.6. The summed E-state index contributed by atoms with van der Waals surface area (Å²) in [6, 6.07) is 4.25. The van der Waals surface area contributed by atoms with E-state index in [0.29, 0.717) is 22.2 Å². The minimum atomic E-state index is -0.605. The molecule has 154 valence electrons. The Labute approximate surface area is 174 Å². The highest BCUT2D eigenvalue weighted by Crippen LogP contribution is 2.35. The largest absolute Gasteiger partial charge is 0.462 e. The lowest BCUT2D eigenvalue weighted by Gasteiger charge is -2.36. The quantitative estimate of drug-likeness (QED) is 0.233. The van der Waals surface area contributed by atoms with Crippen molar-refractivity contribution in [3.63, 3.8) is 0 Å². The summed E-state index contributed by atoms with van der Waals surface area (Å²) in [6.45, 7) is 8.12. The zero-order chi connectivity index (χ0) is 21.0. The van der Waals surface area contributed by atoms with Crippen LogP contribution in [0.4, 0.5) is 5.69 Å². The van der Waals surface area contributed by atoms with E-state index in [4.69, 9.17) is 4.74 Å². The fourth-order valence-corrected chi connectivity index (χ4v) is 4.29. The second kappa shape index (κ2) is 9.63. The molecular formula is C21H28BrNO5. The molecular weight excluding hydrogens is 426 g/mol. The van der Waals surface area contributed by atoms with Crippen LogP contribution in [0, 0.1) is 33.8 Å². The molecule has 7 heteroatoms. The Balaban J connectivity index is 2.02. The number of nitro groups is 1. The molecule has 1 unspecified atom stereocenters. The molecule has 0 aliphatic heterocycles. The third kappa shape index (κ3) is 5.63. The highest BCUT2D eigenvalue weighted by molar-refractivity contribution is 9.10. The van der Waals surface area contributed by atoms with E-state index in [2.05, 4.69) is 36.7 Å². The van der Waals surface area contributed by atoms with Gasteiger partial charge < -0.3 is 4.74 Å². The average molecular weight is 454 g/mol. The molecule has 1 aromatic carbocycles. The van der Waals surface area contributed by atoms with Gasteiger partial charge >= 0.3 is 5.97 Å². The molecule has 4 atom stereocenters. The van der Waals surface area contributed by atoms with Gasteiger partial charge in [0.1, 0.15) is 6.10 Å². The van der Waals surface area contributed by atoms with Crippen LogP contribution in [0.25, 0.3) is 0 Å². The van der Waals surface area contributed by atoms with Gasteiger partial charge in [-0.05, 0) is 58.7 Å². The van der Waals surface area contributed by atoms with Gasteiger partial charge in [0, 0.05) is 17.5 Å². The fraction of sp³-hybridized carbons (Fsp3) is 0.619. The predicted molar refractivity (Wildman–Crippen MR) is 110 cm³/mol. The lowest BCUT2D eigenvalue weighted by molar-refractivity contribution is -0.385. The highest BCUT2D eigenvalue weighted by Gasteiger charge is 2.34. The van der Waals surface area contributed by atoms with E-state index in [1.165, 1.54) is 18.2 Å². The monoisotopic (exact) mass is 453 g/mol. The summed E-state index contributed by atoms with van der Waals surface area (Å²) in [6.07, 6.45) is 2.92. The molecule has 2 rings (SSSR count). The van der Waals surface area contributed by atoms with Crippen molar-refractivity contribution in [3.05, 3.63) is 38.3 Å². The normalized spacial score (nSPS) is 23.3. The van der Waals surface area contributed by atoms with Crippen LogP contribution in [0.3, 0.4) is 0 Å². The van der Waals surface area contributed by atoms with E-state index in [1.54, 1.807) is 6.92 Å². The smallest absolute Gasteiger partial charge is 0.306 e. The number of nitrogens with zero attached hydrogens (tertiary/aromatic N) is 1. The van der Waals surface area contributed by atoms with Crippen molar-refractivity contribution in [2.24, 2.45) is 23.7 Å². The van der Waals surface area contributed by atoms with Gasteiger partial charge in [0.15, 0.2) is 5.78 Å². The van der Waals surface area contributed by atoms with Crippen molar-refractivity contribution < 1.29 is 19.2 Å². The molecule has 0 bridgehead atoms. The Kier molecular flexibility index (Phi) is 7.75. The van der Waals surface area contributed by atoms with Gasteiger partial charge in [-0.2, -0.15) is 0 Å². The molecule has 0 amide bonds. The lowest BCUT2D eigenvalue weighted by Crippen LogP contribution is -2.36. The Morgan fingerprint density at radius 2 is 1.96 bits per heavy atom. The topological polar surface area (TPSA) is 86.5 Å². The Hall–Kier alpha value is -1.76. The number of carbonyl (C=O) groups excluding carboxylic acids is 2. The van der Waals surface area contributed by atoms with Crippen LogP contribution in [0.1, 0.15) is 63.7 Å². The summed E-state index contributed by atoms with van der Waals surface area (Å²) in [5, 5.41) is 11.1. The van der Waals surface area contributed by atoms with Crippen molar-refractivity contribution in [1.29, 1.82) is 0 Å². The Bertz CT molecular complexity index is 748. The van der Waals surface area contributed by atoms with Crippen molar-refractivity contribution in [3.8, 4) is 0 Å². The lowest BCUT2D eigenvalue weighted by atomic mass is 9.75. The van der Waals surface area contributed by atoms with Crippen LogP contribution in [-0.2, 0) is 9.53 Å². The van der Waals surface area contributed by atoms with Crippen LogP contribution in [0.2, 0.25) is 0 Å². The number of ketones is 1. The van der Waals surface area contributed by atoms with Crippen LogP contribution in [-0.4, -0.2) is 22.8 Å². The first-order valence-electron chi connectivity index (χ1n) is 9.77. The third-order valence-corrected chi connectivity index (χ3v) is 6.26. The number of ether oxygens (including phenoxy) is 1. The number of esters is 1. The molecule has 28 heavy (non-hydrogen) atoms. The highest BCUT2D eigenvalue weighted by atomic mass is 79.9. The van der Waals surface area contributed by atoms with Gasteiger partial charge in [0.2, 0.25) is 0 Å². The summed E-state index contributed by atoms with van der Waals surface area (Å²) in [5.41, 5.74) is 0.0538. The van der Waals surface area contributed by atoms with Crippen LogP contribution < -0.4 is 0 Å². The summed E-state index contributed by atoms with van der Waals surface area (Å²) >= 11 is 3.11. The third-order valence-electron chi connectivity index (χ3n) is 5.59. The summed E-state index contributed by atoms with van der Waals surface area (Å²) in [5.74, 6) is 0.0251.